The maximum Gasteiger partial charge on any atom is 0.250 e. The van der Waals surface area contributed by atoms with Crippen molar-refractivity contribution in [2.45, 2.75) is 6.42 Å². The van der Waals surface area contributed by atoms with Crippen LogP contribution in [0.5, 0.6) is 0 Å². The normalized spacial score (nSPS) is 19.2. The Balaban J connectivity index is 2.07. The molecule has 1 fully saturated rings. The molecule has 0 spiro atoms. The van der Waals surface area contributed by atoms with E-state index in [4.69, 9.17) is 16.2 Å². The molecule has 5 N–H and O–H groups in total. The van der Waals surface area contributed by atoms with Crippen LogP contribution in [0.2, 0.25) is 0 Å². The van der Waals surface area contributed by atoms with Crippen LogP contribution < -0.4 is 16.8 Å². The Hall–Kier alpha value is -1.75. The molecule has 5 heteroatoms. The van der Waals surface area contributed by atoms with Gasteiger partial charge in [0.05, 0.1) is 12.2 Å². The highest BCUT2D eigenvalue weighted by Crippen LogP contribution is 2.20. The third-order valence-electron chi connectivity index (χ3n) is 2.91. The van der Waals surface area contributed by atoms with Gasteiger partial charge < -0.3 is 21.5 Å². The second-order valence-electron chi connectivity index (χ2n) is 4.28. The Morgan fingerprint density at radius 2 is 2.35 bits per heavy atom. The summed E-state index contributed by atoms with van der Waals surface area (Å²) in [5, 5.41) is 3.22. The van der Waals surface area contributed by atoms with E-state index in [9.17, 15) is 4.79 Å². The van der Waals surface area contributed by atoms with Gasteiger partial charge in [-0.3, -0.25) is 4.79 Å². The summed E-state index contributed by atoms with van der Waals surface area (Å²) in [6.07, 6.45) is 1.04. The standard InChI is InChI=1S/C12H17N3O2/c13-9-1-2-10(12(14)16)11(5-9)15-6-8-3-4-17-7-8/h1-2,5,8,15H,3-4,6-7,13H2,(H2,14,16). The number of ether oxygens (including phenoxy) is 1. The Labute approximate surface area is 100 Å². The van der Waals surface area contributed by atoms with Crippen molar-refractivity contribution < 1.29 is 9.53 Å². The SMILES string of the molecule is NC(=O)c1ccc(N)cc1NCC1CCOC1. The van der Waals surface area contributed by atoms with Crippen molar-refractivity contribution in [1.82, 2.24) is 0 Å². The second kappa shape index (κ2) is 5.05. The summed E-state index contributed by atoms with van der Waals surface area (Å²) in [4.78, 5) is 11.2. The average molecular weight is 235 g/mol. The van der Waals surface area contributed by atoms with Crippen molar-refractivity contribution in [1.29, 1.82) is 0 Å². The predicted octanol–water partition coefficient (Wildman–Crippen LogP) is 0.816. The van der Waals surface area contributed by atoms with Gasteiger partial charge in [-0.1, -0.05) is 0 Å². The Kier molecular flexibility index (Phi) is 3.49. The molecule has 92 valence electrons. The van der Waals surface area contributed by atoms with Gasteiger partial charge in [0.1, 0.15) is 0 Å². The topological polar surface area (TPSA) is 90.4 Å². The monoisotopic (exact) mass is 235 g/mol. The predicted molar refractivity (Wildman–Crippen MR) is 66.8 cm³/mol. The second-order valence-corrected chi connectivity index (χ2v) is 4.28. The zero-order valence-corrected chi connectivity index (χ0v) is 9.61. The van der Waals surface area contributed by atoms with E-state index >= 15 is 0 Å². The number of primary amides is 1. The molecule has 1 aliphatic heterocycles. The number of carbonyl (C=O) groups is 1. The fraction of sp³-hybridized carbons (Fsp3) is 0.417. The van der Waals surface area contributed by atoms with Crippen molar-refractivity contribution in [3.05, 3.63) is 23.8 Å². The van der Waals surface area contributed by atoms with Crippen LogP contribution in [-0.2, 0) is 4.74 Å². The molecule has 0 saturated carbocycles. The van der Waals surface area contributed by atoms with Gasteiger partial charge in [0, 0.05) is 30.4 Å². The average Bonchev–Trinajstić information content (AvgIpc) is 2.78. The summed E-state index contributed by atoms with van der Waals surface area (Å²) in [7, 11) is 0. The number of benzene rings is 1. The molecular formula is C12H17N3O2. The Bertz CT molecular complexity index is 414. The van der Waals surface area contributed by atoms with E-state index in [0.717, 1.165) is 26.2 Å². The number of hydrogen-bond acceptors (Lipinski definition) is 4. The van der Waals surface area contributed by atoms with Crippen LogP contribution in [-0.4, -0.2) is 25.7 Å². The van der Waals surface area contributed by atoms with E-state index in [1.807, 2.05) is 0 Å². The van der Waals surface area contributed by atoms with Gasteiger partial charge in [-0.2, -0.15) is 0 Å². The lowest BCUT2D eigenvalue weighted by Gasteiger charge is -2.13. The zero-order valence-electron chi connectivity index (χ0n) is 9.61. The maximum atomic E-state index is 11.2. The molecule has 1 saturated heterocycles. The molecule has 1 heterocycles. The zero-order chi connectivity index (χ0) is 12.3. The molecular weight excluding hydrogens is 218 g/mol. The van der Waals surface area contributed by atoms with Crippen molar-refractivity contribution in [2.24, 2.45) is 11.7 Å². The van der Waals surface area contributed by atoms with E-state index < -0.39 is 5.91 Å². The summed E-state index contributed by atoms with van der Waals surface area (Å²) in [6, 6.07) is 5.05. The van der Waals surface area contributed by atoms with Crippen LogP contribution in [0.25, 0.3) is 0 Å². The van der Waals surface area contributed by atoms with E-state index in [2.05, 4.69) is 5.32 Å². The number of nitrogens with one attached hydrogen (secondary N) is 1. The van der Waals surface area contributed by atoms with Crippen molar-refractivity contribution >= 4 is 17.3 Å². The first kappa shape index (κ1) is 11.7. The van der Waals surface area contributed by atoms with E-state index in [1.165, 1.54) is 0 Å². The smallest absolute Gasteiger partial charge is 0.250 e. The van der Waals surface area contributed by atoms with E-state index in [1.54, 1.807) is 18.2 Å². The number of rotatable bonds is 4. The first-order valence-electron chi connectivity index (χ1n) is 5.68. The van der Waals surface area contributed by atoms with Crippen molar-refractivity contribution in [3.63, 3.8) is 0 Å². The van der Waals surface area contributed by atoms with Gasteiger partial charge in [-0.15, -0.1) is 0 Å². The van der Waals surface area contributed by atoms with Gasteiger partial charge in [0.2, 0.25) is 0 Å². The molecule has 0 bridgehead atoms. The number of nitrogens with two attached hydrogens (primary N) is 2. The van der Waals surface area contributed by atoms with Crippen LogP contribution in [0.4, 0.5) is 11.4 Å². The molecule has 0 aliphatic carbocycles. The summed E-state index contributed by atoms with van der Waals surface area (Å²) in [6.45, 7) is 2.34. The molecule has 2 rings (SSSR count). The quantitative estimate of drug-likeness (QED) is 0.674. The van der Waals surface area contributed by atoms with Gasteiger partial charge in [0.25, 0.3) is 5.91 Å². The molecule has 17 heavy (non-hydrogen) atoms. The van der Waals surface area contributed by atoms with Crippen LogP contribution >= 0.6 is 0 Å². The summed E-state index contributed by atoms with van der Waals surface area (Å²) >= 11 is 0. The number of carbonyl (C=O) groups excluding carboxylic acids is 1. The third kappa shape index (κ3) is 2.88. The Morgan fingerprint density at radius 3 is 3.00 bits per heavy atom. The highest BCUT2D eigenvalue weighted by molar-refractivity contribution is 5.99. The minimum absolute atomic E-state index is 0.449. The fourth-order valence-corrected chi connectivity index (χ4v) is 1.92. The third-order valence-corrected chi connectivity index (χ3v) is 2.91. The molecule has 1 aliphatic rings. The highest BCUT2D eigenvalue weighted by Gasteiger charge is 2.16. The molecule has 1 aromatic rings. The van der Waals surface area contributed by atoms with Crippen LogP contribution in [0.3, 0.4) is 0 Å². The lowest BCUT2D eigenvalue weighted by atomic mass is 10.1. The Morgan fingerprint density at radius 1 is 1.53 bits per heavy atom. The molecule has 0 aromatic heterocycles. The summed E-state index contributed by atoms with van der Waals surface area (Å²) < 4.78 is 5.29. The fourth-order valence-electron chi connectivity index (χ4n) is 1.92. The van der Waals surface area contributed by atoms with Crippen LogP contribution in [0, 0.1) is 5.92 Å². The molecule has 5 nitrogen and oxygen atoms in total. The number of hydrogen-bond donors (Lipinski definition) is 3. The van der Waals surface area contributed by atoms with E-state index in [-0.39, 0.29) is 0 Å². The van der Waals surface area contributed by atoms with Crippen LogP contribution in [0.15, 0.2) is 18.2 Å². The molecule has 1 unspecified atom stereocenters. The number of amides is 1. The number of nitrogen functional groups attached to an aromatic ring is 1. The number of anilines is 2. The molecule has 1 atom stereocenters. The minimum atomic E-state index is -0.449. The summed E-state index contributed by atoms with van der Waals surface area (Å²) in [5.74, 6) is 0.0346. The first-order chi connectivity index (χ1) is 8.16. The molecule has 1 aromatic carbocycles. The van der Waals surface area contributed by atoms with Gasteiger partial charge in [-0.05, 0) is 24.6 Å². The van der Waals surface area contributed by atoms with Crippen molar-refractivity contribution in [3.8, 4) is 0 Å². The van der Waals surface area contributed by atoms with Gasteiger partial charge in [0.15, 0.2) is 0 Å². The van der Waals surface area contributed by atoms with Gasteiger partial charge in [-0.25, -0.2) is 0 Å². The maximum absolute atomic E-state index is 11.2. The first-order valence-corrected chi connectivity index (χ1v) is 5.68. The largest absolute Gasteiger partial charge is 0.399 e. The van der Waals surface area contributed by atoms with E-state index in [0.29, 0.717) is 22.9 Å². The van der Waals surface area contributed by atoms with Crippen molar-refractivity contribution in [2.75, 3.05) is 30.8 Å². The molecule has 1 amide bonds. The summed E-state index contributed by atoms with van der Waals surface area (Å²) in [5.41, 5.74) is 12.8. The lowest BCUT2D eigenvalue weighted by Crippen LogP contribution is -2.18. The minimum Gasteiger partial charge on any atom is -0.399 e. The lowest BCUT2D eigenvalue weighted by molar-refractivity contribution is 0.100. The van der Waals surface area contributed by atoms with Crippen LogP contribution in [0.1, 0.15) is 16.8 Å². The molecule has 0 radical (unpaired) electrons. The highest BCUT2D eigenvalue weighted by atomic mass is 16.5. The van der Waals surface area contributed by atoms with Gasteiger partial charge >= 0.3 is 0 Å².